The van der Waals surface area contributed by atoms with Gasteiger partial charge in [-0.1, -0.05) is 44.3 Å². The second-order valence-electron chi connectivity index (χ2n) is 11.1. The summed E-state index contributed by atoms with van der Waals surface area (Å²) in [6.45, 7) is 17.4. The molecule has 0 bridgehead atoms. The number of anilines is 1. The summed E-state index contributed by atoms with van der Waals surface area (Å²) in [6.07, 6.45) is 6.06. The lowest BCUT2D eigenvalue weighted by Gasteiger charge is -2.39. The molecule has 2 aliphatic heterocycles. The predicted octanol–water partition coefficient (Wildman–Crippen LogP) is 5.29. The lowest BCUT2D eigenvalue weighted by Crippen LogP contribution is -2.42. The van der Waals surface area contributed by atoms with Gasteiger partial charge in [0.2, 0.25) is 5.95 Å². The number of morpholine rings is 1. The van der Waals surface area contributed by atoms with Gasteiger partial charge in [0.25, 0.3) is 5.56 Å². The highest BCUT2D eigenvalue weighted by Gasteiger charge is 2.52. The average molecular weight is 535 g/mol. The van der Waals surface area contributed by atoms with E-state index in [0.717, 1.165) is 32.4 Å². The second-order valence-corrected chi connectivity index (χ2v) is 14.9. The van der Waals surface area contributed by atoms with E-state index in [4.69, 9.17) is 14.2 Å². The van der Waals surface area contributed by atoms with Crippen LogP contribution in [-0.2, 0) is 9.26 Å². The van der Waals surface area contributed by atoms with Crippen LogP contribution < -0.4 is 10.9 Å². The largest absolute Gasteiger partial charge is 0.355 e. The number of hydrogen-bond donors (Lipinski definition) is 2. The first-order valence-electron chi connectivity index (χ1n) is 13.1. The standard InChI is InChI=1S/C25H39N6O3PS/c1-7-18-12-30(35-34-19-10-17(16(4)5)8-9-25(19,6)36-35)13-20(33-18)31-14-27-21-22(31)28-24(29-23(21)32)26-11-15(2)3/h14-15,17-20H,4,7-13H2,1-3,5-6H3,(H2,26,28,29,32)/t17-,18-,19+,20-,25+,35-/m1/s1. The number of nitrogens with zero attached hydrogens (tertiary/aromatic N) is 4. The van der Waals surface area contributed by atoms with E-state index in [1.807, 2.05) is 15.9 Å². The minimum absolute atomic E-state index is 0.0760. The molecule has 4 heterocycles. The normalized spacial score (nSPS) is 33.2. The Kier molecular flexibility index (Phi) is 7.54. The van der Waals surface area contributed by atoms with Gasteiger partial charge in [0.15, 0.2) is 18.7 Å². The molecule has 0 amide bonds. The van der Waals surface area contributed by atoms with Crippen molar-refractivity contribution in [3.8, 4) is 0 Å². The van der Waals surface area contributed by atoms with E-state index in [9.17, 15) is 4.79 Å². The molecule has 0 unspecified atom stereocenters. The third kappa shape index (κ3) is 5.12. The number of nitrogens with one attached hydrogen (secondary N) is 2. The van der Waals surface area contributed by atoms with Gasteiger partial charge in [-0.25, -0.2) is 9.65 Å². The fraction of sp³-hybridized carbons (Fsp3) is 0.720. The molecule has 2 aromatic rings. The van der Waals surface area contributed by atoms with Crippen LogP contribution in [-0.4, -0.2) is 60.8 Å². The molecular weight excluding hydrogens is 495 g/mol. The number of aromatic amines is 1. The SMILES string of the molecule is C=C(C)[C@@H]1CC[C@]2(C)S[P@](N3C[C@@H](CC)O[C@@H](n4cnc5c(=O)[nH]c(NCC(C)C)nc54)C3)O[C@H]2C1. The fourth-order valence-corrected chi connectivity index (χ4v) is 10.4. The van der Waals surface area contributed by atoms with E-state index in [0.29, 0.717) is 35.5 Å². The molecule has 2 aromatic heterocycles. The number of rotatable bonds is 7. The Hall–Kier alpha value is -1.45. The molecular formula is C25H39N6O3PS. The van der Waals surface area contributed by atoms with Gasteiger partial charge >= 0.3 is 0 Å². The van der Waals surface area contributed by atoms with E-state index in [1.54, 1.807) is 6.33 Å². The molecule has 1 saturated carbocycles. The number of fused-ring (bicyclic) bond motifs is 2. The fourth-order valence-electron chi connectivity index (χ4n) is 5.22. The molecule has 3 fully saturated rings. The van der Waals surface area contributed by atoms with Crippen molar-refractivity contribution >= 4 is 36.0 Å². The first kappa shape index (κ1) is 26.2. The van der Waals surface area contributed by atoms with Crippen molar-refractivity contribution in [2.75, 3.05) is 25.0 Å². The number of aromatic nitrogens is 4. The Morgan fingerprint density at radius 1 is 1.44 bits per heavy atom. The molecule has 5 rings (SSSR count). The average Bonchev–Trinajstić information content (AvgIpc) is 3.43. The summed E-state index contributed by atoms with van der Waals surface area (Å²) < 4.78 is 17.8. The third-order valence-corrected chi connectivity index (χ3v) is 12.5. The lowest BCUT2D eigenvalue weighted by molar-refractivity contribution is -0.101. The molecule has 36 heavy (non-hydrogen) atoms. The van der Waals surface area contributed by atoms with Gasteiger partial charge < -0.3 is 14.6 Å². The molecule has 0 spiro atoms. The summed E-state index contributed by atoms with van der Waals surface area (Å²) >= 11 is 2.02. The highest BCUT2D eigenvalue weighted by Crippen LogP contribution is 2.71. The molecule has 1 aliphatic carbocycles. The van der Waals surface area contributed by atoms with Crippen molar-refractivity contribution in [3.63, 3.8) is 0 Å². The van der Waals surface area contributed by atoms with Crippen molar-refractivity contribution in [1.82, 2.24) is 24.2 Å². The van der Waals surface area contributed by atoms with Gasteiger partial charge in [-0.15, -0.1) is 0 Å². The zero-order valence-corrected chi connectivity index (χ0v) is 23.7. The van der Waals surface area contributed by atoms with Gasteiger partial charge in [-0.3, -0.25) is 14.3 Å². The molecule has 0 radical (unpaired) electrons. The number of ether oxygens (including phenoxy) is 1. The number of H-pyrrole nitrogens is 1. The monoisotopic (exact) mass is 534 g/mol. The van der Waals surface area contributed by atoms with Crippen LogP contribution in [0.5, 0.6) is 0 Å². The Balaban J connectivity index is 1.38. The second kappa shape index (κ2) is 10.4. The van der Waals surface area contributed by atoms with Crippen LogP contribution >= 0.6 is 18.9 Å². The maximum Gasteiger partial charge on any atom is 0.280 e. The highest BCUT2D eigenvalue weighted by molar-refractivity contribution is 8.54. The van der Waals surface area contributed by atoms with Crippen molar-refractivity contribution in [2.24, 2.45) is 11.8 Å². The van der Waals surface area contributed by atoms with Crippen LogP contribution in [0.4, 0.5) is 5.95 Å². The maximum absolute atomic E-state index is 12.7. The predicted molar refractivity (Wildman–Crippen MR) is 147 cm³/mol. The quantitative estimate of drug-likeness (QED) is 0.365. The van der Waals surface area contributed by atoms with Crippen LogP contribution in [0.3, 0.4) is 0 Å². The van der Waals surface area contributed by atoms with Gasteiger partial charge in [-0.2, -0.15) is 4.98 Å². The zero-order valence-electron chi connectivity index (χ0n) is 22.0. The number of hydrogen-bond acceptors (Lipinski definition) is 8. The highest BCUT2D eigenvalue weighted by atomic mass is 32.7. The van der Waals surface area contributed by atoms with Crippen LogP contribution in [0.15, 0.2) is 23.3 Å². The summed E-state index contributed by atoms with van der Waals surface area (Å²) in [4.78, 5) is 24.6. The number of imidazole rings is 1. The zero-order chi connectivity index (χ0) is 25.6. The minimum Gasteiger partial charge on any atom is -0.355 e. The van der Waals surface area contributed by atoms with E-state index in [2.05, 4.69) is 61.2 Å². The van der Waals surface area contributed by atoms with Crippen molar-refractivity contribution in [3.05, 3.63) is 28.8 Å². The first-order chi connectivity index (χ1) is 17.2. The first-order valence-corrected chi connectivity index (χ1v) is 15.7. The lowest BCUT2D eigenvalue weighted by atomic mass is 9.77. The molecule has 2 saturated heterocycles. The number of allylic oxidation sites excluding steroid dienone is 1. The Morgan fingerprint density at radius 2 is 2.25 bits per heavy atom. The summed E-state index contributed by atoms with van der Waals surface area (Å²) in [5.74, 6) is 1.45. The Morgan fingerprint density at radius 3 is 2.97 bits per heavy atom. The van der Waals surface area contributed by atoms with Gasteiger partial charge in [-0.05, 0) is 51.4 Å². The molecule has 2 N–H and O–H groups in total. The van der Waals surface area contributed by atoms with Crippen LogP contribution in [0.2, 0.25) is 0 Å². The van der Waals surface area contributed by atoms with Gasteiger partial charge in [0.1, 0.15) is 6.23 Å². The van der Waals surface area contributed by atoms with Crippen molar-refractivity contribution < 1.29 is 9.26 Å². The van der Waals surface area contributed by atoms with E-state index >= 15 is 0 Å². The maximum atomic E-state index is 12.7. The Bertz CT molecular complexity index is 1170. The Labute approximate surface area is 218 Å². The summed E-state index contributed by atoms with van der Waals surface area (Å²) in [6, 6.07) is 0. The van der Waals surface area contributed by atoms with Crippen LogP contribution in [0, 0.1) is 11.8 Å². The molecule has 6 atom stereocenters. The smallest absolute Gasteiger partial charge is 0.280 e. The van der Waals surface area contributed by atoms with Crippen LogP contribution in [0.25, 0.3) is 11.2 Å². The summed E-state index contributed by atoms with van der Waals surface area (Å²) in [7, 11) is -0.798. The van der Waals surface area contributed by atoms with E-state index in [-0.39, 0.29) is 28.7 Å². The molecule has 198 valence electrons. The molecule has 11 heteroatoms. The minimum atomic E-state index is -0.798. The van der Waals surface area contributed by atoms with Gasteiger partial charge in [0.05, 0.1) is 25.1 Å². The van der Waals surface area contributed by atoms with Crippen LogP contribution in [0.1, 0.15) is 66.5 Å². The third-order valence-electron chi connectivity index (χ3n) is 7.61. The van der Waals surface area contributed by atoms with Crippen molar-refractivity contribution in [1.29, 1.82) is 0 Å². The van der Waals surface area contributed by atoms with Crippen molar-refractivity contribution in [2.45, 2.75) is 83.5 Å². The summed E-state index contributed by atoms with van der Waals surface area (Å²) in [5.41, 5.74) is 1.91. The van der Waals surface area contributed by atoms with Gasteiger partial charge in [0, 0.05) is 17.8 Å². The topological polar surface area (TPSA) is 97.3 Å². The molecule has 0 aromatic carbocycles. The van der Waals surface area contributed by atoms with E-state index in [1.165, 1.54) is 12.0 Å². The van der Waals surface area contributed by atoms with E-state index < -0.39 is 7.50 Å². The summed E-state index contributed by atoms with van der Waals surface area (Å²) in [5, 5.41) is 3.23. The molecule has 9 nitrogen and oxygen atoms in total. The molecule has 3 aliphatic rings.